The first-order valence-electron chi connectivity index (χ1n) is 12.1. The van der Waals surface area contributed by atoms with E-state index in [0.29, 0.717) is 6.54 Å². The number of amides is 2. The molecule has 6 rings (SSSR count). The molecular weight excluding hydrogens is 494 g/mol. The summed E-state index contributed by atoms with van der Waals surface area (Å²) < 4.78 is 35.5. The predicted octanol–water partition coefficient (Wildman–Crippen LogP) is 5.95. The summed E-state index contributed by atoms with van der Waals surface area (Å²) in [5.74, 6) is -0.794. The third-order valence-corrected chi connectivity index (χ3v) is 8.38. The Balaban J connectivity index is 1.48. The highest BCUT2D eigenvalue weighted by Crippen LogP contribution is 2.43. The molecule has 6 nitrogen and oxygen atoms in total. The van der Waals surface area contributed by atoms with Crippen LogP contribution < -0.4 is 10.1 Å². The van der Waals surface area contributed by atoms with Crippen LogP contribution in [0.2, 0.25) is 0 Å². The maximum Gasteiger partial charge on any atom is 0.323 e. The third-order valence-electron chi connectivity index (χ3n) is 7.12. The average molecular weight is 521 g/mol. The van der Waals surface area contributed by atoms with Gasteiger partial charge in [-0.25, -0.2) is 13.6 Å². The van der Waals surface area contributed by atoms with Gasteiger partial charge in [-0.2, -0.15) is 0 Å². The molecule has 2 aliphatic heterocycles. The van der Waals surface area contributed by atoms with Crippen molar-refractivity contribution in [1.82, 2.24) is 14.4 Å². The number of carbonyl (C=O) groups excluding carboxylic acids is 1. The van der Waals surface area contributed by atoms with Crippen molar-refractivity contribution in [3.63, 3.8) is 0 Å². The van der Waals surface area contributed by atoms with Crippen molar-refractivity contribution in [2.75, 3.05) is 26.0 Å². The fraction of sp³-hybridized carbons (Fsp3) is 0.250. The molecule has 0 radical (unpaired) electrons. The summed E-state index contributed by atoms with van der Waals surface area (Å²) in [6.45, 7) is 2.18. The van der Waals surface area contributed by atoms with Crippen molar-refractivity contribution < 1.29 is 18.3 Å². The lowest BCUT2D eigenvalue weighted by atomic mass is 10.00. The highest BCUT2D eigenvalue weighted by molar-refractivity contribution is 7.15. The van der Waals surface area contributed by atoms with E-state index in [-0.39, 0.29) is 5.69 Å². The number of likely N-dealkylation sites (N-methyl/N-ethyl adjacent to an activating group) is 1. The van der Waals surface area contributed by atoms with Crippen molar-refractivity contribution in [2.24, 2.45) is 0 Å². The Morgan fingerprint density at radius 2 is 1.89 bits per heavy atom. The number of fused-ring (bicyclic) bond motifs is 5. The number of urea groups is 1. The van der Waals surface area contributed by atoms with Crippen LogP contribution in [0.15, 0.2) is 60.8 Å². The van der Waals surface area contributed by atoms with Crippen molar-refractivity contribution in [1.29, 1.82) is 0 Å². The number of carbonyl (C=O) groups is 1. The maximum atomic E-state index is 14.5. The van der Waals surface area contributed by atoms with E-state index < -0.39 is 23.7 Å². The minimum absolute atomic E-state index is 0.0614. The molecule has 0 aliphatic carbocycles. The van der Waals surface area contributed by atoms with Crippen molar-refractivity contribution in [2.45, 2.75) is 25.6 Å². The van der Waals surface area contributed by atoms with Gasteiger partial charge in [-0.05, 0) is 61.0 Å². The lowest BCUT2D eigenvalue weighted by Crippen LogP contribution is -2.38. The fourth-order valence-electron chi connectivity index (χ4n) is 5.27. The van der Waals surface area contributed by atoms with Crippen molar-refractivity contribution in [3.05, 3.63) is 99.7 Å². The van der Waals surface area contributed by atoms with Crippen LogP contribution in [0.1, 0.15) is 33.3 Å². The van der Waals surface area contributed by atoms with Gasteiger partial charge in [0, 0.05) is 35.8 Å². The maximum absolute atomic E-state index is 14.5. The third kappa shape index (κ3) is 4.18. The highest BCUT2D eigenvalue weighted by atomic mass is 32.1. The van der Waals surface area contributed by atoms with Crippen LogP contribution >= 0.6 is 11.3 Å². The van der Waals surface area contributed by atoms with Gasteiger partial charge in [-0.1, -0.05) is 12.1 Å². The molecule has 1 N–H and O–H groups in total. The lowest BCUT2D eigenvalue weighted by molar-refractivity contribution is 0.194. The fourth-order valence-corrected chi connectivity index (χ4v) is 6.71. The minimum atomic E-state index is -0.816. The van der Waals surface area contributed by atoms with E-state index in [4.69, 9.17) is 4.74 Å². The van der Waals surface area contributed by atoms with Crippen LogP contribution in [0.4, 0.5) is 19.3 Å². The van der Waals surface area contributed by atoms with E-state index in [9.17, 15) is 13.6 Å². The van der Waals surface area contributed by atoms with E-state index >= 15 is 0 Å². The Morgan fingerprint density at radius 3 is 2.65 bits per heavy atom. The first-order chi connectivity index (χ1) is 17.9. The normalized spacial score (nSPS) is 17.0. The molecule has 4 aromatic rings. The summed E-state index contributed by atoms with van der Waals surface area (Å²) in [4.78, 5) is 19.2. The number of anilines is 1. The van der Waals surface area contributed by atoms with Crippen molar-refractivity contribution >= 4 is 23.1 Å². The molecule has 0 saturated carbocycles. The quantitative estimate of drug-likeness (QED) is 0.363. The van der Waals surface area contributed by atoms with Crippen LogP contribution in [0.3, 0.4) is 0 Å². The number of halogens is 2. The van der Waals surface area contributed by atoms with Gasteiger partial charge >= 0.3 is 6.03 Å². The number of aromatic nitrogens is 1. The predicted molar refractivity (Wildman–Crippen MR) is 139 cm³/mol. The standard InChI is InChI=1S/C28H26F2N4O2S/c1-32-13-11-20-21-15-34(28(35)31-23-10-7-18(29)14-22(23)30)26(17-5-8-19(36-2)9-6-17)24-4-3-12-33(24)27(21)37-25(20)16-32/h3-10,12,14,26H,11,13,15-16H2,1-2H3,(H,31,35)/t26-/m1/s1. The molecule has 9 heteroatoms. The van der Waals surface area contributed by atoms with Crippen LogP contribution in [0.5, 0.6) is 5.75 Å². The summed E-state index contributed by atoms with van der Waals surface area (Å²) in [5.41, 5.74) is 4.19. The average Bonchev–Trinajstić information content (AvgIpc) is 3.47. The summed E-state index contributed by atoms with van der Waals surface area (Å²) >= 11 is 1.77. The summed E-state index contributed by atoms with van der Waals surface area (Å²) in [6, 6.07) is 13.9. The second-order valence-corrected chi connectivity index (χ2v) is 10.5. The number of hydrogen-bond donors (Lipinski definition) is 1. The molecule has 0 unspecified atom stereocenters. The minimum Gasteiger partial charge on any atom is -0.497 e. The number of hydrogen-bond acceptors (Lipinski definition) is 4. The van der Waals surface area contributed by atoms with E-state index in [1.54, 1.807) is 23.3 Å². The van der Waals surface area contributed by atoms with Gasteiger partial charge in [-0.3, -0.25) is 0 Å². The number of benzene rings is 2. The lowest BCUT2D eigenvalue weighted by Gasteiger charge is -2.32. The molecule has 4 heterocycles. The van der Waals surface area contributed by atoms with Gasteiger partial charge in [0.05, 0.1) is 31.1 Å². The molecule has 0 saturated heterocycles. The molecule has 1 atom stereocenters. The first kappa shape index (κ1) is 23.7. The SMILES string of the molecule is COc1ccc([C@@H]2c3cccn3-c3sc4c(c3CN2C(=O)Nc2ccc(F)cc2F)CCN(C)C4)cc1. The van der Waals surface area contributed by atoms with E-state index in [1.165, 1.54) is 16.5 Å². The van der Waals surface area contributed by atoms with Crippen molar-refractivity contribution in [3.8, 4) is 10.8 Å². The number of nitrogens with one attached hydrogen (secondary N) is 1. The first-order valence-corrected chi connectivity index (χ1v) is 12.9. The van der Waals surface area contributed by atoms with Gasteiger partial charge in [0.1, 0.15) is 22.4 Å². The van der Waals surface area contributed by atoms with Crippen LogP contribution in [-0.4, -0.2) is 41.1 Å². The van der Waals surface area contributed by atoms with Gasteiger partial charge in [0.2, 0.25) is 0 Å². The summed E-state index contributed by atoms with van der Waals surface area (Å²) in [7, 11) is 3.73. The molecule has 190 valence electrons. The van der Waals surface area contributed by atoms with E-state index in [2.05, 4.69) is 21.8 Å². The highest BCUT2D eigenvalue weighted by Gasteiger charge is 2.36. The molecule has 2 aliphatic rings. The van der Waals surface area contributed by atoms with Gasteiger partial charge < -0.3 is 24.4 Å². The number of nitrogens with zero attached hydrogens (tertiary/aromatic N) is 3. The largest absolute Gasteiger partial charge is 0.497 e. The number of methoxy groups -OCH3 is 1. The Morgan fingerprint density at radius 1 is 1.08 bits per heavy atom. The Labute approximate surface area is 217 Å². The Kier molecular flexibility index (Phi) is 5.97. The number of ether oxygens (including phenoxy) is 1. The van der Waals surface area contributed by atoms with Crippen LogP contribution in [-0.2, 0) is 19.5 Å². The van der Waals surface area contributed by atoms with Crippen LogP contribution in [0.25, 0.3) is 5.00 Å². The molecule has 2 aromatic heterocycles. The van der Waals surface area contributed by atoms with E-state index in [0.717, 1.165) is 59.2 Å². The second kappa shape index (κ2) is 9.32. The van der Waals surface area contributed by atoms with Gasteiger partial charge in [0.25, 0.3) is 0 Å². The zero-order chi connectivity index (χ0) is 25.7. The summed E-state index contributed by atoms with van der Waals surface area (Å²) in [6.07, 6.45) is 2.95. The molecule has 0 spiro atoms. The van der Waals surface area contributed by atoms with Gasteiger partial charge in [0.15, 0.2) is 0 Å². The number of rotatable bonds is 3. The molecule has 0 bridgehead atoms. The van der Waals surface area contributed by atoms with Crippen LogP contribution in [0, 0.1) is 11.6 Å². The number of thiophene rings is 1. The molecular formula is C28H26F2N4O2S. The van der Waals surface area contributed by atoms with E-state index in [1.807, 2.05) is 42.6 Å². The second-order valence-electron chi connectivity index (χ2n) is 9.44. The monoisotopic (exact) mass is 520 g/mol. The summed E-state index contributed by atoms with van der Waals surface area (Å²) in [5, 5.41) is 3.81. The topological polar surface area (TPSA) is 49.7 Å². The Hall–Kier alpha value is -3.69. The zero-order valence-corrected chi connectivity index (χ0v) is 21.3. The zero-order valence-electron chi connectivity index (χ0n) is 20.5. The molecule has 2 amide bonds. The van der Waals surface area contributed by atoms with Gasteiger partial charge in [-0.15, -0.1) is 11.3 Å². The Bertz CT molecular complexity index is 1480. The molecule has 37 heavy (non-hydrogen) atoms. The smallest absolute Gasteiger partial charge is 0.323 e. The molecule has 0 fully saturated rings. The molecule has 2 aromatic carbocycles.